The number of halogens is 2. The van der Waals surface area contributed by atoms with Crippen molar-refractivity contribution in [3.8, 4) is 0 Å². The Morgan fingerprint density at radius 1 is 1.40 bits per heavy atom. The van der Waals surface area contributed by atoms with Crippen molar-refractivity contribution in [3.63, 3.8) is 0 Å². The molecular formula is C6H6ClFN2. The number of rotatable bonds is 2. The molecule has 0 aliphatic rings. The van der Waals surface area contributed by atoms with Crippen LogP contribution in [0.15, 0.2) is 24.3 Å². The van der Waals surface area contributed by atoms with Crippen molar-refractivity contribution >= 4 is 17.5 Å². The monoisotopic (exact) mass is 160 g/mol. The van der Waals surface area contributed by atoms with Gasteiger partial charge < -0.3 is 5.43 Å². The van der Waals surface area contributed by atoms with Gasteiger partial charge in [0.25, 0.3) is 0 Å². The van der Waals surface area contributed by atoms with E-state index >= 15 is 0 Å². The number of hydrogen-bond donors (Lipinski definition) is 2. The van der Waals surface area contributed by atoms with E-state index in [4.69, 9.17) is 11.8 Å². The van der Waals surface area contributed by atoms with Gasteiger partial charge in [-0.25, -0.2) is 4.39 Å². The van der Waals surface area contributed by atoms with Gasteiger partial charge in [0.15, 0.2) is 0 Å². The minimum atomic E-state index is -0.295. The first-order valence-corrected chi connectivity index (χ1v) is 3.08. The third-order valence-electron chi connectivity index (χ3n) is 1.02. The van der Waals surface area contributed by atoms with Crippen molar-refractivity contribution in [2.75, 3.05) is 5.43 Å². The van der Waals surface area contributed by atoms with E-state index in [1.54, 1.807) is 12.1 Å². The van der Waals surface area contributed by atoms with E-state index in [0.29, 0.717) is 5.69 Å². The van der Waals surface area contributed by atoms with Crippen LogP contribution in [0.4, 0.5) is 10.1 Å². The maximum atomic E-state index is 12.4. The van der Waals surface area contributed by atoms with Crippen molar-refractivity contribution in [1.82, 2.24) is 4.94 Å². The van der Waals surface area contributed by atoms with Crippen LogP contribution in [0.25, 0.3) is 0 Å². The SMILES string of the molecule is Fc1cccc(NNCl)c1. The van der Waals surface area contributed by atoms with Crippen LogP contribution in [0.2, 0.25) is 0 Å². The zero-order valence-electron chi connectivity index (χ0n) is 5.07. The summed E-state index contributed by atoms with van der Waals surface area (Å²) >= 11 is 5.10. The molecule has 0 heterocycles. The van der Waals surface area contributed by atoms with E-state index in [-0.39, 0.29) is 5.82 Å². The summed E-state index contributed by atoms with van der Waals surface area (Å²) in [7, 11) is 0. The van der Waals surface area contributed by atoms with Crippen LogP contribution >= 0.6 is 11.8 Å². The average molecular weight is 161 g/mol. The van der Waals surface area contributed by atoms with Gasteiger partial charge in [0.1, 0.15) is 5.82 Å². The number of hydrogen-bond acceptors (Lipinski definition) is 2. The Morgan fingerprint density at radius 2 is 2.20 bits per heavy atom. The topological polar surface area (TPSA) is 24.1 Å². The van der Waals surface area contributed by atoms with E-state index in [2.05, 4.69) is 10.4 Å². The molecule has 0 fully saturated rings. The van der Waals surface area contributed by atoms with Crippen LogP contribution in [0.5, 0.6) is 0 Å². The van der Waals surface area contributed by atoms with E-state index in [0.717, 1.165) is 0 Å². The van der Waals surface area contributed by atoms with E-state index in [1.165, 1.54) is 12.1 Å². The third kappa shape index (κ3) is 1.86. The van der Waals surface area contributed by atoms with Crippen LogP contribution in [0, 0.1) is 5.82 Å². The molecule has 0 aliphatic heterocycles. The highest BCUT2D eigenvalue weighted by Crippen LogP contribution is 2.07. The van der Waals surface area contributed by atoms with Gasteiger partial charge in [0.05, 0.1) is 5.69 Å². The molecule has 1 rings (SSSR count). The lowest BCUT2D eigenvalue weighted by Crippen LogP contribution is -2.08. The molecule has 0 aromatic heterocycles. The predicted octanol–water partition coefficient (Wildman–Crippen LogP) is 1.90. The Morgan fingerprint density at radius 3 is 2.80 bits per heavy atom. The lowest BCUT2D eigenvalue weighted by atomic mass is 10.3. The second-order valence-electron chi connectivity index (χ2n) is 1.73. The largest absolute Gasteiger partial charge is 0.308 e. The lowest BCUT2D eigenvalue weighted by Gasteiger charge is -2.00. The molecule has 2 nitrogen and oxygen atoms in total. The molecule has 4 heteroatoms. The second-order valence-corrected chi connectivity index (χ2v) is 1.92. The maximum Gasteiger partial charge on any atom is 0.125 e. The first-order valence-electron chi connectivity index (χ1n) is 2.70. The zero-order chi connectivity index (χ0) is 7.40. The summed E-state index contributed by atoms with van der Waals surface area (Å²) in [6, 6.07) is 5.97. The minimum Gasteiger partial charge on any atom is -0.308 e. The van der Waals surface area contributed by atoms with Gasteiger partial charge in [-0.1, -0.05) is 6.07 Å². The highest BCUT2D eigenvalue weighted by Gasteiger charge is 1.90. The summed E-state index contributed by atoms with van der Waals surface area (Å²) in [5.74, 6) is -0.295. The normalized spacial score (nSPS) is 9.40. The van der Waals surface area contributed by atoms with Gasteiger partial charge in [0, 0.05) is 0 Å². The quantitative estimate of drug-likeness (QED) is 0.510. The molecule has 1 aromatic rings. The summed E-state index contributed by atoms with van der Waals surface area (Å²) < 4.78 is 12.4. The van der Waals surface area contributed by atoms with Crippen molar-refractivity contribution in [1.29, 1.82) is 0 Å². The lowest BCUT2D eigenvalue weighted by molar-refractivity contribution is 0.628. The Bertz CT molecular complexity index is 217. The van der Waals surface area contributed by atoms with Crippen molar-refractivity contribution in [2.45, 2.75) is 0 Å². The van der Waals surface area contributed by atoms with Gasteiger partial charge in [-0.15, -0.1) is 4.94 Å². The highest BCUT2D eigenvalue weighted by molar-refractivity contribution is 6.13. The molecule has 0 amide bonds. The van der Waals surface area contributed by atoms with E-state index in [1.807, 2.05) is 0 Å². The fourth-order valence-corrected chi connectivity index (χ4v) is 0.730. The average Bonchev–Trinajstić information content (AvgIpc) is 1.88. The van der Waals surface area contributed by atoms with Crippen LogP contribution in [0.1, 0.15) is 0 Å². The number of hydrazine groups is 1. The molecule has 54 valence electrons. The Labute approximate surface area is 63.1 Å². The molecule has 10 heavy (non-hydrogen) atoms. The number of anilines is 1. The summed E-state index contributed by atoms with van der Waals surface area (Å²) in [6.45, 7) is 0. The van der Waals surface area contributed by atoms with Crippen LogP contribution in [-0.2, 0) is 0 Å². The molecule has 0 saturated carbocycles. The fraction of sp³-hybridized carbons (Fsp3) is 0. The zero-order valence-corrected chi connectivity index (χ0v) is 5.82. The Balaban J connectivity index is 2.75. The van der Waals surface area contributed by atoms with Crippen LogP contribution in [0.3, 0.4) is 0 Å². The third-order valence-corrected chi connectivity index (χ3v) is 1.11. The van der Waals surface area contributed by atoms with E-state index in [9.17, 15) is 4.39 Å². The first-order chi connectivity index (χ1) is 4.83. The van der Waals surface area contributed by atoms with Gasteiger partial charge in [-0.3, -0.25) is 0 Å². The van der Waals surface area contributed by atoms with Gasteiger partial charge in [-0.05, 0) is 30.0 Å². The molecule has 0 atom stereocenters. The maximum absolute atomic E-state index is 12.4. The molecule has 0 radical (unpaired) electrons. The fourth-order valence-electron chi connectivity index (χ4n) is 0.621. The molecule has 0 bridgehead atoms. The first kappa shape index (κ1) is 7.31. The molecule has 0 unspecified atom stereocenters. The predicted molar refractivity (Wildman–Crippen MR) is 39.0 cm³/mol. The minimum absolute atomic E-state index is 0.295. The summed E-state index contributed by atoms with van der Waals surface area (Å²) in [5.41, 5.74) is 3.12. The van der Waals surface area contributed by atoms with Crippen LogP contribution < -0.4 is 10.4 Å². The molecule has 1 aromatic carbocycles. The van der Waals surface area contributed by atoms with Gasteiger partial charge >= 0.3 is 0 Å². The van der Waals surface area contributed by atoms with Crippen molar-refractivity contribution in [2.24, 2.45) is 0 Å². The summed E-state index contributed by atoms with van der Waals surface area (Å²) in [6.07, 6.45) is 0. The molecule has 0 spiro atoms. The van der Waals surface area contributed by atoms with Gasteiger partial charge in [0.2, 0.25) is 0 Å². The van der Waals surface area contributed by atoms with Crippen molar-refractivity contribution in [3.05, 3.63) is 30.1 Å². The molecular weight excluding hydrogens is 155 g/mol. The number of benzene rings is 1. The smallest absolute Gasteiger partial charge is 0.125 e. The second kappa shape index (κ2) is 3.39. The Kier molecular flexibility index (Phi) is 2.48. The van der Waals surface area contributed by atoms with E-state index < -0.39 is 0 Å². The molecule has 0 aliphatic carbocycles. The van der Waals surface area contributed by atoms with Crippen LogP contribution in [-0.4, -0.2) is 0 Å². The van der Waals surface area contributed by atoms with Gasteiger partial charge in [-0.2, -0.15) is 0 Å². The summed E-state index contributed by atoms with van der Waals surface area (Å²) in [5, 5.41) is 0. The highest BCUT2D eigenvalue weighted by atomic mass is 35.5. The standard InChI is InChI=1S/C6H6ClFN2/c7-10-9-6-3-1-2-5(8)4-6/h1-4,9-10H. The molecule has 2 N–H and O–H groups in total. The Hall–Kier alpha value is -0.800. The summed E-state index contributed by atoms with van der Waals surface area (Å²) in [4.78, 5) is 2.17. The number of nitrogens with one attached hydrogen (secondary N) is 2. The molecule has 0 saturated heterocycles. The van der Waals surface area contributed by atoms with Crippen molar-refractivity contribution < 1.29 is 4.39 Å².